The maximum absolute atomic E-state index is 13.5. The summed E-state index contributed by atoms with van der Waals surface area (Å²) >= 11 is 1.26. The van der Waals surface area contributed by atoms with Gasteiger partial charge in [0.2, 0.25) is 11.1 Å². The summed E-state index contributed by atoms with van der Waals surface area (Å²) in [5.41, 5.74) is 2.67. The molecule has 1 amide bonds. The Morgan fingerprint density at radius 1 is 1.23 bits per heavy atom. The normalized spacial score (nSPS) is 14.3. The number of tetrazole rings is 1. The van der Waals surface area contributed by atoms with Gasteiger partial charge in [0.1, 0.15) is 5.82 Å². The molecule has 0 bridgehead atoms. The number of hydrogen-bond donors (Lipinski definition) is 0. The minimum Gasteiger partial charge on any atom is -0.311 e. The summed E-state index contributed by atoms with van der Waals surface area (Å²) in [6.45, 7) is 2.51. The fourth-order valence-electron chi connectivity index (χ4n) is 3.02. The van der Waals surface area contributed by atoms with Gasteiger partial charge in [-0.05, 0) is 53.6 Å². The molecule has 2 heterocycles. The van der Waals surface area contributed by atoms with E-state index in [2.05, 4.69) is 15.5 Å². The highest BCUT2D eigenvalue weighted by atomic mass is 32.2. The van der Waals surface area contributed by atoms with Crippen molar-refractivity contribution in [2.45, 2.75) is 23.8 Å². The molecule has 0 aliphatic carbocycles. The van der Waals surface area contributed by atoms with Gasteiger partial charge in [-0.3, -0.25) is 4.79 Å². The number of fused-ring (bicyclic) bond motifs is 1. The molecule has 3 aromatic rings. The van der Waals surface area contributed by atoms with E-state index in [1.165, 1.54) is 34.1 Å². The van der Waals surface area contributed by atoms with E-state index in [0.717, 1.165) is 12.1 Å². The van der Waals surface area contributed by atoms with Crippen LogP contribution >= 0.6 is 11.8 Å². The number of carbonyl (C=O) groups excluding carboxylic acids is 1. The number of rotatable bonds is 4. The Balaban J connectivity index is 1.54. The van der Waals surface area contributed by atoms with Crippen LogP contribution in [0, 0.1) is 5.82 Å². The third kappa shape index (κ3) is 3.08. The summed E-state index contributed by atoms with van der Waals surface area (Å²) < 4.78 is 14.9. The van der Waals surface area contributed by atoms with E-state index in [1.807, 2.05) is 36.1 Å². The Morgan fingerprint density at radius 2 is 2.08 bits per heavy atom. The largest absolute Gasteiger partial charge is 0.311 e. The first-order valence-corrected chi connectivity index (χ1v) is 9.12. The van der Waals surface area contributed by atoms with Gasteiger partial charge in [0.05, 0.1) is 10.9 Å². The quantitative estimate of drug-likeness (QED) is 0.662. The van der Waals surface area contributed by atoms with Gasteiger partial charge in [-0.2, -0.15) is 4.68 Å². The third-order valence-electron chi connectivity index (χ3n) is 4.28. The van der Waals surface area contributed by atoms with Crippen molar-refractivity contribution in [3.63, 3.8) is 0 Å². The number of aromatic nitrogens is 4. The Hall–Kier alpha value is -2.74. The van der Waals surface area contributed by atoms with E-state index in [-0.39, 0.29) is 17.0 Å². The smallest absolute Gasteiger partial charge is 0.240 e. The Morgan fingerprint density at radius 3 is 2.92 bits per heavy atom. The van der Waals surface area contributed by atoms with Gasteiger partial charge in [-0.1, -0.05) is 36.0 Å². The van der Waals surface area contributed by atoms with E-state index in [0.29, 0.717) is 17.4 Å². The van der Waals surface area contributed by atoms with Crippen LogP contribution in [-0.4, -0.2) is 37.9 Å². The third-order valence-corrected chi connectivity index (χ3v) is 5.30. The number of hydrogen-bond acceptors (Lipinski definition) is 5. The molecular weight excluding hydrogens is 353 g/mol. The van der Waals surface area contributed by atoms with Crippen LogP contribution in [0.15, 0.2) is 53.7 Å². The molecule has 132 valence electrons. The molecule has 0 unspecified atom stereocenters. The Bertz CT molecular complexity index is 960. The molecular formula is C18H16FN5OS. The van der Waals surface area contributed by atoms with Crippen LogP contribution in [0.1, 0.15) is 12.5 Å². The number of thioether (sulfide) groups is 1. The van der Waals surface area contributed by atoms with Gasteiger partial charge in [0.15, 0.2) is 0 Å². The van der Waals surface area contributed by atoms with Gasteiger partial charge in [-0.25, -0.2) is 4.39 Å². The van der Waals surface area contributed by atoms with Crippen LogP contribution in [0.3, 0.4) is 0 Å². The molecule has 8 heteroatoms. The SMILES string of the molecule is C[C@@H](Sc1nnnn1-c1cccc(F)c1)C(=O)N1CCc2ccccc21. The molecule has 4 rings (SSSR count). The summed E-state index contributed by atoms with van der Waals surface area (Å²) in [6.07, 6.45) is 0.861. The lowest BCUT2D eigenvalue weighted by Gasteiger charge is -2.21. The molecule has 1 aromatic heterocycles. The molecule has 0 spiro atoms. The highest BCUT2D eigenvalue weighted by Gasteiger charge is 2.29. The lowest BCUT2D eigenvalue weighted by Crippen LogP contribution is -2.35. The van der Waals surface area contributed by atoms with Crippen molar-refractivity contribution in [3.8, 4) is 5.69 Å². The molecule has 0 N–H and O–H groups in total. The van der Waals surface area contributed by atoms with E-state index >= 15 is 0 Å². The van der Waals surface area contributed by atoms with E-state index < -0.39 is 0 Å². The van der Waals surface area contributed by atoms with Crippen molar-refractivity contribution in [3.05, 3.63) is 59.9 Å². The van der Waals surface area contributed by atoms with E-state index in [9.17, 15) is 9.18 Å². The number of anilines is 1. The summed E-state index contributed by atoms with van der Waals surface area (Å²) in [5.74, 6) is -0.361. The van der Waals surface area contributed by atoms with Crippen molar-refractivity contribution in [2.75, 3.05) is 11.4 Å². The highest BCUT2D eigenvalue weighted by Crippen LogP contribution is 2.31. The number of para-hydroxylation sites is 1. The van der Waals surface area contributed by atoms with Crippen molar-refractivity contribution in [1.29, 1.82) is 0 Å². The predicted octanol–water partition coefficient (Wildman–Crippen LogP) is 2.87. The average molecular weight is 369 g/mol. The van der Waals surface area contributed by atoms with Crippen LogP contribution in [0.4, 0.5) is 10.1 Å². The van der Waals surface area contributed by atoms with Crippen molar-refractivity contribution >= 4 is 23.4 Å². The van der Waals surface area contributed by atoms with Crippen LogP contribution in [0.25, 0.3) is 5.69 Å². The van der Waals surface area contributed by atoms with E-state index in [1.54, 1.807) is 12.1 Å². The summed E-state index contributed by atoms with van der Waals surface area (Å²) in [4.78, 5) is 14.7. The number of amides is 1. The van der Waals surface area contributed by atoms with Crippen molar-refractivity contribution in [2.24, 2.45) is 0 Å². The molecule has 1 aliphatic rings. The molecule has 0 saturated carbocycles. The molecule has 0 fully saturated rings. The van der Waals surface area contributed by atoms with Crippen LogP contribution in [0.2, 0.25) is 0 Å². The predicted molar refractivity (Wildman–Crippen MR) is 96.9 cm³/mol. The van der Waals surface area contributed by atoms with E-state index in [4.69, 9.17) is 0 Å². The van der Waals surface area contributed by atoms with Crippen LogP contribution in [0.5, 0.6) is 0 Å². The molecule has 6 nitrogen and oxygen atoms in total. The first-order valence-electron chi connectivity index (χ1n) is 8.24. The lowest BCUT2D eigenvalue weighted by atomic mass is 10.2. The first-order chi connectivity index (χ1) is 12.6. The minimum atomic E-state index is -0.375. The standard InChI is InChI=1S/C18H16FN5OS/c1-12(17(25)23-10-9-13-5-2-3-8-16(13)23)26-18-20-21-22-24(18)15-7-4-6-14(19)11-15/h2-8,11-12H,9-10H2,1H3/t12-/m1/s1. The Kier molecular flexibility index (Phi) is 4.42. The van der Waals surface area contributed by atoms with Crippen LogP contribution < -0.4 is 4.90 Å². The second-order valence-corrected chi connectivity index (χ2v) is 7.29. The molecule has 1 atom stereocenters. The first kappa shape index (κ1) is 16.7. The maximum atomic E-state index is 13.5. The monoisotopic (exact) mass is 369 g/mol. The fourth-order valence-corrected chi connectivity index (χ4v) is 3.89. The summed E-state index contributed by atoms with van der Waals surface area (Å²) in [7, 11) is 0. The number of carbonyl (C=O) groups is 1. The number of halogens is 1. The maximum Gasteiger partial charge on any atom is 0.240 e. The molecule has 2 aromatic carbocycles. The van der Waals surface area contributed by atoms with Gasteiger partial charge >= 0.3 is 0 Å². The molecule has 1 aliphatic heterocycles. The fraction of sp³-hybridized carbons (Fsp3) is 0.222. The van der Waals surface area contributed by atoms with Gasteiger partial charge in [0.25, 0.3) is 0 Å². The second-order valence-electron chi connectivity index (χ2n) is 5.98. The Labute approximate surface area is 154 Å². The summed E-state index contributed by atoms with van der Waals surface area (Å²) in [5, 5.41) is 11.6. The highest BCUT2D eigenvalue weighted by molar-refractivity contribution is 8.00. The molecule has 0 radical (unpaired) electrons. The second kappa shape index (κ2) is 6.87. The van der Waals surface area contributed by atoms with Crippen LogP contribution in [-0.2, 0) is 11.2 Å². The number of nitrogens with zero attached hydrogens (tertiary/aromatic N) is 5. The minimum absolute atomic E-state index is 0.00809. The topological polar surface area (TPSA) is 63.9 Å². The van der Waals surface area contributed by atoms with Gasteiger partial charge in [0, 0.05) is 12.2 Å². The molecule has 26 heavy (non-hydrogen) atoms. The average Bonchev–Trinajstić information content (AvgIpc) is 3.28. The molecule has 0 saturated heterocycles. The zero-order chi connectivity index (χ0) is 18.1. The number of benzene rings is 2. The zero-order valence-electron chi connectivity index (χ0n) is 14.0. The zero-order valence-corrected chi connectivity index (χ0v) is 14.9. The van der Waals surface area contributed by atoms with Gasteiger partial charge in [-0.15, -0.1) is 5.10 Å². The van der Waals surface area contributed by atoms with Crippen molar-refractivity contribution < 1.29 is 9.18 Å². The van der Waals surface area contributed by atoms with Gasteiger partial charge < -0.3 is 4.90 Å². The lowest BCUT2D eigenvalue weighted by molar-refractivity contribution is -0.117. The van der Waals surface area contributed by atoms with Crippen molar-refractivity contribution in [1.82, 2.24) is 20.2 Å². The summed E-state index contributed by atoms with van der Waals surface area (Å²) in [6, 6.07) is 14.0.